The lowest BCUT2D eigenvalue weighted by molar-refractivity contribution is -0.132. The molecular weight excluding hydrogens is 318 g/mol. The van der Waals surface area contributed by atoms with Gasteiger partial charge in [0.25, 0.3) is 0 Å². The molecule has 0 atom stereocenters. The lowest BCUT2D eigenvalue weighted by Crippen LogP contribution is -2.49. The highest BCUT2D eigenvalue weighted by molar-refractivity contribution is 7.19. The van der Waals surface area contributed by atoms with E-state index in [1.807, 2.05) is 35.0 Å². The molecule has 6 heteroatoms. The smallest absolute Gasteiger partial charge is 0.236 e. The molecule has 1 aromatic carbocycles. The largest absolute Gasteiger partial charge is 0.339 e. The minimum absolute atomic E-state index is 0.196. The van der Waals surface area contributed by atoms with Gasteiger partial charge < -0.3 is 10.2 Å². The Labute approximate surface area is 139 Å². The van der Waals surface area contributed by atoms with Crippen LogP contribution in [0.2, 0.25) is 5.02 Å². The second-order valence-corrected chi connectivity index (χ2v) is 7.15. The van der Waals surface area contributed by atoms with E-state index in [1.165, 1.54) is 4.70 Å². The zero-order valence-corrected chi connectivity index (χ0v) is 14.2. The highest BCUT2D eigenvalue weighted by atomic mass is 35.5. The van der Waals surface area contributed by atoms with E-state index in [4.69, 9.17) is 11.6 Å². The van der Waals surface area contributed by atoms with E-state index < -0.39 is 0 Å². The summed E-state index contributed by atoms with van der Waals surface area (Å²) in [6.07, 6.45) is 0. The van der Waals surface area contributed by atoms with E-state index >= 15 is 0 Å². The molecule has 2 heterocycles. The van der Waals surface area contributed by atoms with E-state index in [2.05, 4.69) is 11.4 Å². The minimum Gasteiger partial charge on any atom is -0.339 e. The van der Waals surface area contributed by atoms with Gasteiger partial charge in [0.2, 0.25) is 5.91 Å². The summed E-state index contributed by atoms with van der Waals surface area (Å²) in [5.74, 6) is 0.196. The van der Waals surface area contributed by atoms with Crippen LogP contribution >= 0.6 is 22.9 Å². The molecule has 1 saturated heterocycles. The summed E-state index contributed by atoms with van der Waals surface area (Å²) >= 11 is 8.17. The van der Waals surface area contributed by atoms with Crippen molar-refractivity contribution in [2.45, 2.75) is 6.54 Å². The number of carbonyl (C=O) groups is 1. The maximum atomic E-state index is 12.3. The van der Waals surface area contributed by atoms with Crippen LogP contribution in [-0.4, -0.2) is 55.5 Å². The molecule has 118 valence electrons. The maximum absolute atomic E-state index is 12.3. The number of rotatable bonds is 4. The monoisotopic (exact) mass is 337 g/mol. The molecule has 1 fully saturated rings. The van der Waals surface area contributed by atoms with Crippen molar-refractivity contribution >= 4 is 38.9 Å². The van der Waals surface area contributed by atoms with E-state index in [-0.39, 0.29) is 5.91 Å². The van der Waals surface area contributed by atoms with Gasteiger partial charge in [0.1, 0.15) is 0 Å². The number of fused-ring (bicyclic) bond motifs is 1. The maximum Gasteiger partial charge on any atom is 0.236 e. The number of nitrogens with zero attached hydrogens (tertiary/aromatic N) is 2. The zero-order valence-electron chi connectivity index (χ0n) is 12.6. The molecule has 3 rings (SSSR count). The summed E-state index contributed by atoms with van der Waals surface area (Å²) in [5.41, 5.74) is 0. The zero-order chi connectivity index (χ0) is 15.5. The van der Waals surface area contributed by atoms with Crippen molar-refractivity contribution in [3.63, 3.8) is 0 Å². The molecule has 0 spiro atoms. The first kappa shape index (κ1) is 15.7. The van der Waals surface area contributed by atoms with Crippen molar-refractivity contribution in [2.24, 2.45) is 0 Å². The highest BCUT2D eigenvalue weighted by Crippen LogP contribution is 2.35. The molecule has 1 aromatic heterocycles. The number of likely N-dealkylation sites (N-methyl/N-ethyl adjacent to an activating group) is 1. The topological polar surface area (TPSA) is 35.6 Å². The van der Waals surface area contributed by atoms with Crippen molar-refractivity contribution in [1.29, 1.82) is 0 Å². The third-order valence-electron chi connectivity index (χ3n) is 3.89. The summed E-state index contributed by atoms with van der Waals surface area (Å²) in [6.45, 7) is 4.52. The molecule has 1 aliphatic heterocycles. The summed E-state index contributed by atoms with van der Waals surface area (Å²) in [4.78, 5) is 17.4. The van der Waals surface area contributed by atoms with Gasteiger partial charge in [-0.1, -0.05) is 29.8 Å². The molecule has 4 nitrogen and oxygen atoms in total. The quantitative estimate of drug-likeness (QED) is 0.930. The first-order chi connectivity index (χ1) is 10.6. The Balaban J connectivity index is 1.64. The third-order valence-corrected chi connectivity index (χ3v) is 5.59. The van der Waals surface area contributed by atoms with Crippen LogP contribution in [0, 0.1) is 0 Å². The fraction of sp³-hybridized carbons (Fsp3) is 0.438. The van der Waals surface area contributed by atoms with Gasteiger partial charge in [-0.2, -0.15) is 0 Å². The Kier molecular flexibility index (Phi) is 4.98. The predicted octanol–water partition coefficient (Wildman–Crippen LogP) is 2.42. The van der Waals surface area contributed by atoms with Gasteiger partial charge in [-0.3, -0.25) is 9.69 Å². The number of hydrogen-bond donors (Lipinski definition) is 1. The molecular formula is C16H20ClN3OS. The fourth-order valence-electron chi connectivity index (χ4n) is 2.71. The normalized spacial score (nSPS) is 15.7. The van der Waals surface area contributed by atoms with E-state index in [0.29, 0.717) is 13.1 Å². The first-order valence-electron chi connectivity index (χ1n) is 7.48. The van der Waals surface area contributed by atoms with Gasteiger partial charge in [-0.05, 0) is 13.1 Å². The lowest BCUT2D eigenvalue weighted by Gasteiger charge is -2.29. The Morgan fingerprint density at radius 2 is 2.09 bits per heavy atom. The number of piperazine rings is 1. The molecule has 1 N–H and O–H groups in total. The molecule has 0 radical (unpaired) electrons. The molecule has 0 unspecified atom stereocenters. The molecule has 22 heavy (non-hydrogen) atoms. The molecule has 1 amide bonds. The molecule has 1 aliphatic rings. The minimum atomic E-state index is 0.196. The average molecular weight is 338 g/mol. The van der Waals surface area contributed by atoms with Gasteiger partial charge >= 0.3 is 0 Å². The Bertz CT molecular complexity index is 666. The van der Waals surface area contributed by atoms with Crippen LogP contribution in [0.25, 0.3) is 10.1 Å². The Morgan fingerprint density at radius 1 is 1.36 bits per heavy atom. The van der Waals surface area contributed by atoms with Crippen molar-refractivity contribution < 1.29 is 4.79 Å². The van der Waals surface area contributed by atoms with Crippen molar-refractivity contribution in [3.8, 4) is 0 Å². The lowest BCUT2D eigenvalue weighted by atomic mass is 10.2. The van der Waals surface area contributed by atoms with Crippen LogP contribution in [0.15, 0.2) is 24.3 Å². The molecule has 0 saturated carbocycles. The number of halogens is 1. The summed E-state index contributed by atoms with van der Waals surface area (Å²) in [7, 11) is 1.97. The predicted molar refractivity (Wildman–Crippen MR) is 92.6 cm³/mol. The van der Waals surface area contributed by atoms with Crippen molar-refractivity contribution in [2.75, 3.05) is 39.8 Å². The van der Waals surface area contributed by atoms with Crippen LogP contribution in [0.4, 0.5) is 0 Å². The second-order valence-electron chi connectivity index (χ2n) is 5.64. The Hall–Kier alpha value is -1.14. The van der Waals surface area contributed by atoms with E-state index in [0.717, 1.165) is 41.5 Å². The summed E-state index contributed by atoms with van der Waals surface area (Å²) in [5, 5.41) is 5.19. The Morgan fingerprint density at radius 3 is 2.82 bits per heavy atom. The van der Waals surface area contributed by atoms with Gasteiger partial charge in [0.05, 0.1) is 11.6 Å². The number of amides is 1. The summed E-state index contributed by atoms with van der Waals surface area (Å²) < 4.78 is 1.20. The average Bonchev–Trinajstić information content (AvgIpc) is 2.84. The number of thiophene rings is 1. The van der Waals surface area contributed by atoms with Crippen molar-refractivity contribution in [3.05, 3.63) is 34.2 Å². The SMILES string of the molecule is CN(CC(=O)N1CCNCC1)Cc1sc2ccccc2c1Cl. The molecule has 2 aromatic rings. The number of carbonyl (C=O) groups excluding carboxylic acids is 1. The van der Waals surface area contributed by atoms with E-state index in [1.54, 1.807) is 11.3 Å². The summed E-state index contributed by atoms with van der Waals surface area (Å²) in [6, 6.07) is 8.16. The number of benzene rings is 1. The van der Waals surface area contributed by atoms with Gasteiger partial charge in [0.15, 0.2) is 0 Å². The van der Waals surface area contributed by atoms with Gasteiger partial charge in [-0.15, -0.1) is 11.3 Å². The molecule has 0 aliphatic carbocycles. The van der Waals surface area contributed by atoms with Gasteiger partial charge in [-0.25, -0.2) is 0 Å². The van der Waals surface area contributed by atoms with Crippen LogP contribution in [0.1, 0.15) is 4.88 Å². The first-order valence-corrected chi connectivity index (χ1v) is 8.67. The molecule has 0 bridgehead atoms. The third kappa shape index (κ3) is 3.43. The van der Waals surface area contributed by atoms with E-state index in [9.17, 15) is 4.79 Å². The fourth-order valence-corrected chi connectivity index (χ4v) is 4.29. The van der Waals surface area contributed by atoms with Crippen LogP contribution in [0.5, 0.6) is 0 Å². The highest BCUT2D eigenvalue weighted by Gasteiger charge is 2.19. The van der Waals surface area contributed by atoms with Crippen LogP contribution in [0.3, 0.4) is 0 Å². The number of hydrogen-bond acceptors (Lipinski definition) is 4. The standard InChI is InChI=1S/C16H20ClN3OS/c1-19(11-15(21)20-8-6-18-7-9-20)10-14-16(17)12-4-2-3-5-13(12)22-14/h2-5,18H,6-11H2,1H3. The van der Waals surface area contributed by atoms with Crippen LogP contribution < -0.4 is 5.32 Å². The number of nitrogens with one attached hydrogen (secondary N) is 1. The second kappa shape index (κ2) is 6.96. The van der Waals surface area contributed by atoms with Gasteiger partial charge in [0, 0.05) is 47.7 Å². The van der Waals surface area contributed by atoms with Crippen molar-refractivity contribution in [1.82, 2.24) is 15.1 Å². The van der Waals surface area contributed by atoms with Crippen LogP contribution in [-0.2, 0) is 11.3 Å².